The largest absolute Gasteiger partial charge is 0.416 e. The average molecular weight is 239 g/mol. The van der Waals surface area contributed by atoms with E-state index in [-0.39, 0.29) is 12.0 Å². The van der Waals surface area contributed by atoms with Gasteiger partial charge in [-0.05, 0) is 24.6 Å². The van der Waals surface area contributed by atoms with Crippen LogP contribution in [0.2, 0.25) is 0 Å². The van der Waals surface area contributed by atoms with Crippen LogP contribution in [0.3, 0.4) is 0 Å². The number of rotatable bonds is 3. The third-order valence-corrected chi connectivity index (χ3v) is 2.14. The lowest BCUT2D eigenvalue weighted by Crippen LogP contribution is -2.15. The molecule has 0 saturated carbocycles. The highest BCUT2D eigenvalue weighted by atomic mass is 19.4. The smallest absolute Gasteiger partial charge is 0.324 e. The third kappa shape index (κ3) is 2.91. The first kappa shape index (κ1) is 12.9. The SMILES string of the molecule is N[C@H](CCF)c1cc(C(F)(F)F)ccc1F. The van der Waals surface area contributed by atoms with E-state index in [1.54, 1.807) is 0 Å². The van der Waals surface area contributed by atoms with Crippen LogP contribution in [-0.2, 0) is 6.18 Å². The maximum absolute atomic E-state index is 13.2. The van der Waals surface area contributed by atoms with E-state index >= 15 is 0 Å². The number of hydrogen-bond acceptors (Lipinski definition) is 1. The molecule has 0 spiro atoms. The summed E-state index contributed by atoms with van der Waals surface area (Å²) in [6, 6.07) is 0.875. The third-order valence-electron chi connectivity index (χ3n) is 2.14. The number of halogens is 5. The molecule has 0 aliphatic rings. The number of alkyl halides is 4. The lowest BCUT2D eigenvalue weighted by atomic mass is 10.0. The van der Waals surface area contributed by atoms with Gasteiger partial charge in [0.05, 0.1) is 12.2 Å². The van der Waals surface area contributed by atoms with Gasteiger partial charge in [0.2, 0.25) is 0 Å². The normalized spacial score (nSPS) is 13.9. The summed E-state index contributed by atoms with van der Waals surface area (Å²) in [7, 11) is 0. The minimum atomic E-state index is -4.56. The minimum absolute atomic E-state index is 0.210. The Morgan fingerprint density at radius 2 is 1.88 bits per heavy atom. The second-order valence-electron chi connectivity index (χ2n) is 3.32. The van der Waals surface area contributed by atoms with Gasteiger partial charge in [-0.3, -0.25) is 4.39 Å². The van der Waals surface area contributed by atoms with Crippen LogP contribution in [0.15, 0.2) is 18.2 Å². The van der Waals surface area contributed by atoms with Gasteiger partial charge in [0.1, 0.15) is 5.82 Å². The molecule has 0 heterocycles. The molecule has 1 aromatic carbocycles. The van der Waals surface area contributed by atoms with Crippen molar-refractivity contribution in [2.45, 2.75) is 18.6 Å². The zero-order valence-electron chi connectivity index (χ0n) is 8.19. The van der Waals surface area contributed by atoms with E-state index in [0.717, 1.165) is 0 Å². The molecule has 0 bridgehead atoms. The molecule has 6 heteroatoms. The predicted molar refractivity (Wildman–Crippen MR) is 48.9 cm³/mol. The lowest BCUT2D eigenvalue weighted by Gasteiger charge is -2.14. The van der Waals surface area contributed by atoms with Crippen molar-refractivity contribution in [3.05, 3.63) is 35.1 Å². The van der Waals surface area contributed by atoms with Crippen molar-refractivity contribution in [2.75, 3.05) is 6.67 Å². The van der Waals surface area contributed by atoms with Crippen LogP contribution in [0.25, 0.3) is 0 Å². The van der Waals surface area contributed by atoms with Crippen LogP contribution in [-0.4, -0.2) is 6.67 Å². The summed E-state index contributed by atoms with van der Waals surface area (Å²) in [5.41, 5.74) is 4.07. The maximum atomic E-state index is 13.2. The Kier molecular flexibility index (Phi) is 3.85. The van der Waals surface area contributed by atoms with Gasteiger partial charge < -0.3 is 5.73 Å². The summed E-state index contributed by atoms with van der Waals surface area (Å²) < 4.78 is 62.1. The molecule has 0 amide bonds. The molecule has 0 aliphatic heterocycles. The molecule has 2 N–H and O–H groups in total. The Bertz CT molecular complexity index is 361. The van der Waals surface area contributed by atoms with Crippen LogP contribution in [0.1, 0.15) is 23.6 Å². The van der Waals surface area contributed by atoms with Crippen molar-refractivity contribution in [1.29, 1.82) is 0 Å². The maximum Gasteiger partial charge on any atom is 0.416 e. The molecule has 0 unspecified atom stereocenters. The molecule has 1 nitrogen and oxygen atoms in total. The summed E-state index contributed by atoms with van der Waals surface area (Å²) in [6.45, 7) is -0.809. The number of nitrogens with two attached hydrogens (primary N) is 1. The van der Waals surface area contributed by atoms with Crippen molar-refractivity contribution >= 4 is 0 Å². The zero-order valence-corrected chi connectivity index (χ0v) is 8.19. The summed E-state index contributed by atoms with van der Waals surface area (Å²) in [5.74, 6) is -0.853. The molecule has 0 saturated heterocycles. The minimum Gasteiger partial charge on any atom is -0.324 e. The zero-order chi connectivity index (χ0) is 12.3. The molecule has 1 rings (SSSR count). The highest BCUT2D eigenvalue weighted by Gasteiger charge is 2.31. The average Bonchev–Trinajstić information content (AvgIpc) is 2.16. The van der Waals surface area contributed by atoms with Crippen molar-refractivity contribution in [3.8, 4) is 0 Å². The molecule has 16 heavy (non-hydrogen) atoms. The van der Waals surface area contributed by atoms with E-state index < -0.39 is 30.3 Å². The highest BCUT2D eigenvalue weighted by Crippen LogP contribution is 2.31. The first-order valence-electron chi connectivity index (χ1n) is 4.54. The summed E-state index contributed by atoms with van der Waals surface area (Å²) >= 11 is 0. The van der Waals surface area contributed by atoms with Crippen LogP contribution in [0, 0.1) is 5.82 Å². The molecule has 0 aliphatic carbocycles. The van der Waals surface area contributed by atoms with Crippen LogP contribution in [0.4, 0.5) is 22.0 Å². The fourth-order valence-corrected chi connectivity index (χ4v) is 1.28. The Hall–Kier alpha value is -1.17. The summed E-state index contributed by atoms with van der Waals surface area (Å²) in [4.78, 5) is 0. The second kappa shape index (κ2) is 4.78. The Morgan fingerprint density at radius 3 is 2.38 bits per heavy atom. The fraction of sp³-hybridized carbons (Fsp3) is 0.400. The molecule has 0 fully saturated rings. The van der Waals surface area contributed by atoms with E-state index in [1.165, 1.54) is 0 Å². The standard InChI is InChI=1S/C10H10F5N/c11-4-3-9(16)7-5-6(10(13,14)15)1-2-8(7)12/h1-2,5,9H,3-4,16H2/t9-/m1/s1. The molecule has 1 atom stereocenters. The molecular formula is C10H10F5N. The van der Waals surface area contributed by atoms with E-state index in [2.05, 4.69) is 0 Å². The Labute approximate surface area is 89.1 Å². The predicted octanol–water partition coefficient (Wildman–Crippen LogP) is 3.20. The van der Waals surface area contributed by atoms with Crippen molar-refractivity contribution in [2.24, 2.45) is 5.73 Å². The van der Waals surface area contributed by atoms with E-state index in [0.29, 0.717) is 18.2 Å². The lowest BCUT2D eigenvalue weighted by molar-refractivity contribution is -0.137. The van der Waals surface area contributed by atoms with Gasteiger partial charge in [-0.1, -0.05) is 0 Å². The second-order valence-corrected chi connectivity index (χ2v) is 3.32. The molecule has 1 aromatic rings. The molecule has 90 valence electrons. The first-order chi connectivity index (χ1) is 7.36. The summed E-state index contributed by atoms with van der Waals surface area (Å²) in [5, 5.41) is 0. The molecule has 0 aromatic heterocycles. The van der Waals surface area contributed by atoms with Gasteiger partial charge in [-0.15, -0.1) is 0 Å². The summed E-state index contributed by atoms with van der Waals surface area (Å²) in [6.07, 6.45) is -4.77. The topological polar surface area (TPSA) is 26.0 Å². The van der Waals surface area contributed by atoms with Crippen LogP contribution in [0.5, 0.6) is 0 Å². The fourth-order valence-electron chi connectivity index (χ4n) is 1.28. The van der Waals surface area contributed by atoms with Crippen LogP contribution < -0.4 is 5.73 Å². The Morgan fingerprint density at radius 1 is 1.25 bits per heavy atom. The number of benzene rings is 1. The van der Waals surface area contributed by atoms with E-state index in [9.17, 15) is 22.0 Å². The Balaban J connectivity index is 3.09. The van der Waals surface area contributed by atoms with Gasteiger partial charge in [-0.25, -0.2) is 4.39 Å². The van der Waals surface area contributed by atoms with E-state index in [1.807, 2.05) is 0 Å². The number of hydrogen-bond donors (Lipinski definition) is 1. The van der Waals surface area contributed by atoms with Gasteiger partial charge in [0.25, 0.3) is 0 Å². The van der Waals surface area contributed by atoms with Gasteiger partial charge in [0, 0.05) is 11.6 Å². The highest BCUT2D eigenvalue weighted by molar-refractivity contribution is 5.29. The molecule has 0 radical (unpaired) electrons. The monoisotopic (exact) mass is 239 g/mol. The van der Waals surface area contributed by atoms with Crippen LogP contribution >= 0.6 is 0 Å². The van der Waals surface area contributed by atoms with Gasteiger partial charge in [0.15, 0.2) is 0 Å². The van der Waals surface area contributed by atoms with Gasteiger partial charge in [-0.2, -0.15) is 13.2 Å². The first-order valence-corrected chi connectivity index (χ1v) is 4.54. The quantitative estimate of drug-likeness (QED) is 0.805. The van der Waals surface area contributed by atoms with Crippen molar-refractivity contribution in [3.63, 3.8) is 0 Å². The van der Waals surface area contributed by atoms with E-state index in [4.69, 9.17) is 5.73 Å². The van der Waals surface area contributed by atoms with Crippen molar-refractivity contribution in [1.82, 2.24) is 0 Å². The van der Waals surface area contributed by atoms with Gasteiger partial charge >= 0.3 is 6.18 Å². The van der Waals surface area contributed by atoms with Crippen molar-refractivity contribution < 1.29 is 22.0 Å². The molecular weight excluding hydrogens is 229 g/mol.